The molecule has 2 heteroatoms. The molecule has 0 aliphatic heterocycles. The second-order valence-electron chi connectivity index (χ2n) is 7.91. The Labute approximate surface area is 151 Å². The number of benzene rings is 2. The van der Waals surface area contributed by atoms with Crippen molar-refractivity contribution in [3.63, 3.8) is 0 Å². The number of imidazole rings is 1. The van der Waals surface area contributed by atoms with E-state index in [1.54, 1.807) is 0 Å². The fourth-order valence-electron chi connectivity index (χ4n) is 4.42. The molecular weight excluding hydrogens is 304 g/mol. The van der Waals surface area contributed by atoms with Gasteiger partial charge in [0.15, 0.2) is 11.0 Å². The summed E-state index contributed by atoms with van der Waals surface area (Å²) in [5, 5.41) is 0. The molecule has 1 fully saturated rings. The summed E-state index contributed by atoms with van der Waals surface area (Å²) in [6.07, 6.45) is 5.31. The van der Waals surface area contributed by atoms with Gasteiger partial charge in [-0.3, -0.25) is 0 Å². The summed E-state index contributed by atoms with van der Waals surface area (Å²) in [6, 6.07) is 16.5. The molecule has 0 N–H and O–H groups in total. The maximum Gasteiger partial charge on any atom is 0.290 e. The van der Waals surface area contributed by atoms with Gasteiger partial charge in [-0.25, -0.2) is 9.13 Å². The van der Waals surface area contributed by atoms with E-state index in [4.69, 9.17) is 0 Å². The van der Waals surface area contributed by atoms with Crippen molar-refractivity contribution in [3.8, 4) is 11.4 Å². The fourth-order valence-corrected chi connectivity index (χ4v) is 4.42. The number of fused-ring (bicyclic) bond motifs is 1. The third kappa shape index (κ3) is 2.68. The standard InChI is InChI=1S/C23H29N2/c1-16(2)18-14-13-17(3)20(15-18)23-24(4)21-11-7-8-12-22(21)25(23)19-9-5-6-10-19/h7-8,11-16,19H,5-6,9-10H2,1-4H3/q+1. The smallest absolute Gasteiger partial charge is 0.226 e. The lowest BCUT2D eigenvalue weighted by molar-refractivity contribution is -0.634. The van der Waals surface area contributed by atoms with E-state index in [1.807, 2.05) is 0 Å². The lowest BCUT2D eigenvalue weighted by Gasteiger charge is -2.13. The van der Waals surface area contributed by atoms with Gasteiger partial charge >= 0.3 is 0 Å². The number of para-hydroxylation sites is 2. The third-order valence-electron chi connectivity index (χ3n) is 5.91. The average Bonchev–Trinajstić information content (AvgIpc) is 3.22. The van der Waals surface area contributed by atoms with Gasteiger partial charge in [0.2, 0.25) is 0 Å². The highest BCUT2D eigenvalue weighted by atomic mass is 15.2. The van der Waals surface area contributed by atoms with E-state index >= 15 is 0 Å². The first-order valence-electron chi connectivity index (χ1n) is 9.68. The van der Waals surface area contributed by atoms with Crippen molar-refractivity contribution in [2.75, 3.05) is 0 Å². The second kappa shape index (κ2) is 6.33. The zero-order valence-corrected chi connectivity index (χ0v) is 15.9. The molecule has 0 amide bonds. The Bertz CT molecular complexity index is 911. The normalized spacial score (nSPS) is 15.6. The van der Waals surface area contributed by atoms with E-state index in [2.05, 4.69) is 79.4 Å². The molecule has 25 heavy (non-hydrogen) atoms. The Morgan fingerprint density at radius 3 is 2.48 bits per heavy atom. The molecule has 1 aromatic heterocycles. The molecule has 0 bridgehead atoms. The van der Waals surface area contributed by atoms with E-state index in [9.17, 15) is 0 Å². The Kier molecular flexibility index (Phi) is 4.15. The highest BCUT2D eigenvalue weighted by molar-refractivity contribution is 5.77. The van der Waals surface area contributed by atoms with Gasteiger partial charge in [0.25, 0.3) is 5.82 Å². The molecule has 1 aliphatic carbocycles. The number of aryl methyl sites for hydroxylation is 2. The van der Waals surface area contributed by atoms with Crippen molar-refractivity contribution in [1.82, 2.24) is 4.57 Å². The Balaban J connectivity index is 2.03. The van der Waals surface area contributed by atoms with Crippen LogP contribution in [0.4, 0.5) is 0 Å². The molecule has 0 atom stereocenters. The minimum atomic E-state index is 0.550. The van der Waals surface area contributed by atoms with Gasteiger partial charge in [0.1, 0.15) is 6.04 Å². The molecule has 0 unspecified atom stereocenters. The molecular formula is C23H29N2+. The lowest BCUT2D eigenvalue weighted by Crippen LogP contribution is -2.31. The van der Waals surface area contributed by atoms with Crippen LogP contribution in [-0.4, -0.2) is 4.57 Å². The minimum Gasteiger partial charge on any atom is -0.226 e. The number of hydrogen-bond acceptors (Lipinski definition) is 0. The molecule has 4 rings (SSSR count). The van der Waals surface area contributed by atoms with E-state index < -0.39 is 0 Å². The quantitative estimate of drug-likeness (QED) is 0.545. The summed E-state index contributed by atoms with van der Waals surface area (Å²) >= 11 is 0. The zero-order valence-electron chi connectivity index (χ0n) is 15.9. The first-order chi connectivity index (χ1) is 12.1. The number of hydrogen-bond donors (Lipinski definition) is 0. The summed E-state index contributed by atoms with van der Waals surface area (Å²) in [6.45, 7) is 6.80. The van der Waals surface area contributed by atoms with Crippen molar-refractivity contribution in [2.24, 2.45) is 7.05 Å². The molecule has 1 saturated carbocycles. The van der Waals surface area contributed by atoms with Gasteiger partial charge in [0.05, 0.1) is 12.6 Å². The van der Waals surface area contributed by atoms with Crippen LogP contribution >= 0.6 is 0 Å². The molecule has 0 radical (unpaired) electrons. The first-order valence-corrected chi connectivity index (χ1v) is 9.68. The zero-order chi connectivity index (χ0) is 17.6. The van der Waals surface area contributed by atoms with Gasteiger partial charge in [-0.15, -0.1) is 0 Å². The van der Waals surface area contributed by atoms with Gasteiger partial charge in [-0.05, 0) is 67.9 Å². The number of aromatic nitrogens is 2. The number of nitrogens with zero attached hydrogens (tertiary/aromatic N) is 2. The van der Waals surface area contributed by atoms with Crippen LogP contribution in [-0.2, 0) is 7.05 Å². The van der Waals surface area contributed by atoms with Gasteiger partial charge < -0.3 is 0 Å². The van der Waals surface area contributed by atoms with E-state index in [1.165, 1.54) is 59.2 Å². The van der Waals surface area contributed by atoms with E-state index in [0.717, 1.165) is 0 Å². The SMILES string of the molecule is Cc1ccc(C(C)C)cc1-c1n(C2CCCC2)c2ccccc2[n+]1C. The second-order valence-corrected chi connectivity index (χ2v) is 7.91. The maximum atomic E-state index is 2.63. The van der Waals surface area contributed by atoms with Crippen LogP contribution in [0.3, 0.4) is 0 Å². The minimum absolute atomic E-state index is 0.550. The Morgan fingerprint density at radius 2 is 1.76 bits per heavy atom. The molecule has 1 aliphatic rings. The molecule has 1 heterocycles. The fraction of sp³-hybridized carbons (Fsp3) is 0.435. The summed E-state index contributed by atoms with van der Waals surface area (Å²) < 4.78 is 5.04. The predicted molar refractivity (Wildman–Crippen MR) is 105 cm³/mol. The highest BCUT2D eigenvalue weighted by Crippen LogP contribution is 2.37. The van der Waals surface area contributed by atoms with E-state index in [-0.39, 0.29) is 0 Å². The van der Waals surface area contributed by atoms with Crippen LogP contribution < -0.4 is 4.57 Å². The van der Waals surface area contributed by atoms with Gasteiger partial charge in [-0.2, -0.15) is 0 Å². The summed E-state index contributed by atoms with van der Waals surface area (Å²) in [5.74, 6) is 1.92. The maximum absolute atomic E-state index is 2.63. The largest absolute Gasteiger partial charge is 0.290 e. The number of rotatable bonds is 3. The van der Waals surface area contributed by atoms with Crippen LogP contribution in [0.2, 0.25) is 0 Å². The van der Waals surface area contributed by atoms with Crippen molar-refractivity contribution < 1.29 is 4.57 Å². The Hall–Kier alpha value is -2.09. The predicted octanol–water partition coefficient (Wildman–Crippen LogP) is 5.68. The van der Waals surface area contributed by atoms with Crippen molar-refractivity contribution >= 4 is 11.0 Å². The van der Waals surface area contributed by atoms with Crippen LogP contribution in [0, 0.1) is 6.92 Å². The Morgan fingerprint density at radius 1 is 1.04 bits per heavy atom. The topological polar surface area (TPSA) is 8.81 Å². The van der Waals surface area contributed by atoms with Crippen molar-refractivity contribution in [1.29, 1.82) is 0 Å². The van der Waals surface area contributed by atoms with Crippen LogP contribution in [0.15, 0.2) is 42.5 Å². The van der Waals surface area contributed by atoms with Crippen LogP contribution in [0.25, 0.3) is 22.4 Å². The van der Waals surface area contributed by atoms with Gasteiger partial charge in [0, 0.05) is 0 Å². The average molecular weight is 333 g/mol. The monoisotopic (exact) mass is 333 g/mol. The molecule has 3 aromatic rings. The van der Waals surface area contributed by atoms with Crippen LogP contribution in [0.5, 0.6) is 0 Å². The molecule has 130 valence electrons. The third-order valence-corrected chi connectivity index (χ3v) is 5.91. The summed E-state index contributed by atoms with van der Waals surface area (Å²) in [5.41, 5.74) is 6.88. The lowest BCUT2D eigenvalue weighted by atomic mass is 9.97. The molecule has 0 spiro atoms. The molecule has 2 aromatic carbocycles. The van der Waals surface area contributed by atoms with Crippen molar-refractivity contribution in [2.45, 2.75) is 58.4 Å². The summed E-state index contributed by atoms with van der Waals surface area (Å²) in [4.78, 5) is 0. The summed E-state index contributed by atoms with van der Waals surface area (Å²) in [7, 11) is 2.23. The van der Waals surface area contributed by atoms with Crippen molar-refractivity contribution in [3.05, 3.63) is 53.6 Å². The van der Waals surface area contributed by atoms with Crippen LogP contribution in [0.1, 0.15) is 62.6 Å². The van der Waals surface area contributed by atoms with Gasteiger partial charge in [-0.1, -0.05) is 38.1 Å². The highest BCUT2D eigenvalue weighted by Gasteiger charge is 2.32. The van der Waals surface area contributed by atoms with E-state index in [0.29, 0.717) is 12.0 Å². The molecule has 0 saturated heterocycles. The first kappa shape index (κ1) is 16.4. The molecule has 2 nitrogen and oxygen atoms in total.